The Labute approximate surface area is 120 Å². The van der Waals surface area contributed by atoms with Gasteiger partial charge < -0.3 is 14.8 Å². The Morgan fingerprint density at radius 3 is 2.89 bits per heavy atom. The van der Waals surface area contributed by atoms with Crippen molar-refractivity contribution in [1.29, 1.82) is 0 Å². The van der Waals surface area contributed by atoms with E-state index >= 15 is 0 Å². The third kappa shape index (κ3) is 3.48. The largest absolute Gasteiger partial charge is 0.377 e. The molecule has 1 N–H and O–H groups in total. The SMILES string of the molecule is CCOC1CC(N[C@H](C)c2cccc(Cl)c2)C1OC. The van der Waals surface area contributed by atoms with Gasteiger partial charge in [0.25, 0.3) is 0 Å². The molecule has 0 spiro atoms. The molecule has 1 aliphatic rings. The highest BCUT2D eigenvalue weighted by molar-refractivity contribution is 6.30. The zero-order valence-corrected chi connectivity index (χ0v) is 12.5. The first-order valence-electron chi connectivity index (χ1n) is 6.81. The number of ether oxygens (including phenoxy) is 2. The maximum Gasteiger partial charge on any atom is 0.0987 e. The lowest BCUT2D eigenvalue weighted by atomic mass is 9.84. The molecule has 4 atom stereocenters. The van der Waals surface area contributed by atoms with E-state index in [4.69, 9.17) is 21.1 Å². The number of hydrogen-bond donors (Lipinski definition) is 1. The number of nitrogens with one attached hydrogen (secondary N) is 1. The quantitative estimate of drug-likeness (QED) is 0.870. The van der Waals surface area contributed by atoms with Crippen LogP contribution in [0.25, 0.3) is 0 Å². The molecule has 19 heavy (non-hydrogen) atoms. The Morgan fingerprint density at radius 2 is 2.26 bits per heavy atom. The number of rotatable bonds is 6. The summed E-state index contributed by atoms with van der Waals surface area (Å²) in [7, 11) is 1.74. The molecule has 0 aromatic heterocycles. The van der Waals surface area contributed by atoms with Crippen LogP contribution < -0.4 is 5.32 Å². The van der Waals surface area contributed by atoms with Gasteiger partial charge in [-0.1, -0.05) is 23.7 Å². The maximum absolute atomic E-state index is 6.02. The molecular formula is C15H22ClNO2. The second-order valence-electron chi connectivity index (χ2n) is 4.98. The van der Waals surface area contributed by atoms with Gasteiger partial charge in [0.1, 0.15) is 0 Å². The number of benzene rings is 1. The van der Waals surface area contributed by atoms with Crippen LogP contribution in [0.15, 0.2) is 24.3 Å². The van der Waals surface area contributed by atoms with E-state index in [1.165, 1.54) is 5.56 Å². The molecule has 1 aromatic rings. The monoisotopic (exact) mass is 283 g/mol. The van der Waals surface area contributed by atoms with E-state index < -0.39 is 0 Å². The van der Waals surface area contributed by atoms with Crippen molar-refractivity contribution < 1.29 is 9.47 Å². The second kappa shape index (κ2) is 6.71. The summed E-state index contributed by atoms with van der Waals surface area (Å²) < 4.78 is 11.1. The first-order valence-corrected chi connectivity index (χ1v) is 7.19. The Hall–Kier alpha value is -0.610. The van der Waals surface area contributed by atoms with E-state index in [1.54, 1.807) is 7.11 Å². The molecule has 3 unspecified atom stereocenters. The first kappa shape index (κ1) is 14.8. The van der Waals surface area contributed by atoms with Crippen molar-refractivity contribution >= 4 is 11.6 Å². The number of halogens is 1. The van der Waals surface area contributed by atoms with Gasteiger partial charge in [-0.15, -0.1) is 0 Å². The molecule has 0 saturated heterocycles. The zero-order valence-electron chi connectivity index (χ0n) is 11.7. The topological polar surface area (TPSA) is 30.5 Å². The molecule has 1 fully saturated rings. The second-order valence-corrected chi connectivity index (χ2v) is 5.42. The molecule has 0 aliphatic heterocycles. The molecule has 1 aromatic carbocycles. The first-order chi connectivity index (χ1) is 9.15. The minimum Gasteiger partial charge on any atom is -0.377 e. The minimum atomic E-state index is 0.140. The molecule has 1 aliphatic carbocycles. The van der Waals surface area contributed by atoms with Gasteiger partial charge in [0.2, 0.25) is 0 Å². The third-order valence-corrected chi connectivity index (χ3v) is 3.95. The van der Waals surface area contributed by atoms with Crippen molar-refractivity contribution in [2.24, 2.45) is 0 Å². The van der Waals surface area contributed by atoms with E-state index in [0.717, 1.165) is 18.1 Å². The van der Waals surface area contributed by atoms with E-state index in [2.05, 4.69) is 18.3 Å². The van der Waals surface area contributed by atoms with Crippen LogP contribution in [0.2, 0.25) is 5.02 Å². The number of methoxy groups -OCH3 is 1. The van der Waals surface area contributed by atoms with E-state index in [9.17, 15) is 0 Å². The fourth-order valence-electron chi connectivity index (χ4n) is 2.63. The Balaban J connectivity index is 1.91. The third-order valence-electron chi connectivity index (χ3n) is 3.71. The smallest absolute Gasteiger partial charge is 0.0987 e. The van der Waals surface area contributed by atoms with Crippen LogP contribution in [-0.4, -0.2) is 32.0 Å². The van der Waals surface area contributed by atoms with E-state index in [0.29, 0.717) is 6.04 Å². The lowest BCUT2D eigenvalue weighted by molar-refractivity contribution is -0.133. The molecule has 0 amide bonds. The molecule has 0 radical (unpaired) electrons. The van der Waals surface area contributed by atoms with Gasteiger partial charge in [-0.2, -0.15) is 0 Å². The van der Waals surface area contributed by atoms with Crippen molar-refractivity contribution in [1.82, 2.24) is 5.32 Å². The normalized spacial score (nSPS) is 27.9. The van der Waals surface area contributed by atoms with Crippen molar-refractivity contribution in [3.63, 3.8) is 0 Å². The van der Waals surface area contributed by atoms with Crippen LogP contribution in [0.5, 0.6) is 0 Å². The van der Waals surface area contributed by atoms with Gasteiger partial charge in [-0.25, -0.2) is 0 Å². The summed E-state index contributed by atoms with van der Waals surface area (Å²) in [5, 5.41) is 4.36. The summed E-state index contributed by atoms with van der Waals surface area (Å²) in [5.41, 5.74) is 1.20. The molecule has 2 rings (SSSR count). The van der Waals surface area contributed by atoms with Crippen molar-refractivity contribution in [2.45, 2.75) is 44.6 Å². The molecule has 1 saturated carbocycles. The predicted octanol–water partition coefficient (Wildman–Crippen LogP) is 3.18. The highest BCUT2D eigenvalue weighted by Gasteiger charge is 2.42. The summed E-state index contributed by atoms with van der Waals surface area (Å²) >= 11 is 6.02. The number of hydrogen-bond acceptors (Lipinski definition) is 3. The maximum atomic E-state index is 6.02. The summed E-state index contributed by atoms with van der Waals surface area (Å²) in [6.45, 7) is 4.90. The van der Waals surface area contributed by atoms with Gasteiger partial charge in [0.15, 0.2) is 0 Å². The summed E-state index contributed by atoms with van der Waals surface area (Å²) in [6.07, 6.45) is 1.36. The van der Waals surface area contributed by atoms with E-state index in [1.807, 2.05) is 25.1 Å². The standard InChI is InChI=1S/C15H22ClNO2/c1-4-19-14-9-13(15(14)18-3)17-10(2)11-6-5-7-12(16)8-11/h5-8,10,13-15,17H,4,9H2,1-3H3/t10-,13?,14?,15?/m1/s1. The molecule has 3 nitrogen and oxygen atoms in total. The fourth-order valence-corrected chi connectivity index (χ4v) is 2.83. The predicted molar refractivity (Wildman–Crippen MR) is 77.6 cm³/mol. The molecule has 4 heteroatoms. The van der Waals surface area contributed by atoms with Gasteiger partial charge in [0, 0.05) is 30.8 Å². The van der Waals surface area contributed by atoms with Crippen LogP contribution in [0.4, 0.5) is 0 Å². The van der Waals surface area contributed by atoms with Crippen molar-refractivity contribution in [3.05, 3.63) is 34.9 Å². The molecule has 0 bridgehead atoms. The van der Waals surface area contributed by atoms with Crippen molar-refractivity contribution in [3.8, 4) is 0 Å². The van der Waals surface area contributed by atoms with Crippen molar-refractivity contribution in [2.75, 3.05) is 13.7 Å². The van der Waals surface area contributed by atoms with Gasteiger partial charge in [-0.05, 0) is 38.0 Å². The summed E-state index contributed by atoms with van der Waals surface area (Å²) in [6, 6.07) is 8.56. The van der Waals surface area contributed by atoms with Crippen LogP contribution in [0, 0.1) is 0 Å². The van der Waals surface area contributed by atoms with Crippen LogP contribution in [0.3, 0.4) is 0 Å². The van der Waals surface area contributed by atoms with Gasteiger partial charge in [-0.3, -0.25) is 0 Å². The highest BCUT2D eigenvalue weighted by atomic mass is 35.5. The minimum absolute atomic E-state index is 0.140. The molecule has 0 heterocycles. The highest BCUT2D eigenvalue weighted by Crippen LogP contribution is 2.29. The van der Waals surface area contributed by atoms with E-state index in [-0.39, 0.29) is 18.2 Å². The Bertz CT molecular complexity index is 413. The Kier molecular flexibility index (Phi) is 5.22. The average molecular weight is 284 g/mol. The molecular weight excluding hydrogens is 262 g/mol. The average Bonchev–Trinajstić information content (AvgIpc) is 2.37. The van der Waals surface area contributed by atoms with Gasteiger partial charge in [0.05, 0.1) is 12.2 Å². The van der Waals surface area contributed by atoms with Crippen LogP contribution in [0.1, 0.15) is 31.9 Å². The summed E-state index contributed by atoms with van der Waals surface area (Å²) in [4.78, 5) is 0. The lowest BCUT2D eigenvalue weighted by Gasteiger charge is -2.44. The lowest BCUT2D eigenvalue weighted by Crippen LogP contribution is -2.60. The van der Waals surface area contributed by atoms with Gasteiger partial charge >= 0.3 is 0 Å². The van der Waals surface area contributed by atoms with Crippen LogP contribution >= 0.6 is 11.6 Å². The zero-order chi connectivity index (χ0) is 13.8. The fraction of sp³-hybridized carbons (Fsp3) is 0.600. The Morgan fingerprint density at radius 1 is 1.47 bits per heavy atom. The summed E-state index contributed by atoms with van der Waals surface area (Å²) in [5.74, 6) is 0. The molecule has 106 valence electrons. The van der Waals surface area contributed by atoms with Crippen LogP contribution in [-0.2, 0) is 9.47 Å².